The molecule has 3 fully saturated rings. The number of aldehydes is 1. The molecule has 0 bridgehead atoms. The fourth-order valence-corrected chi connectivity index (χ4v) is 7.14. The standard InChI is InChI=1S/C22H32O3/c1-21-10-9-16(24)12-15(21)5-7-17-18-8-6-14(4-3-11-23)22(18,2)20(25)13-19(17)21/h11,13-18,24H,3-10,12H2,1-2H3/t14?,15-,16-,17+,18+,21+,22-/m1/s1. The maximum Gasteiger partial charge on any atom is 0.162 e. The van der Waals surface area contributed by atoms with Crippen molar-refractivity contribution in [3.63, 3.8) is 0 Å². The molecule has 0 amide bonds. The first-order chi connectivity index (χ1) is 11.9. The van der Waals surface area contributed by atoms with E-state index in [4.69, 9.17) is 0 Å². The number of hydrogen-bond donors (Lipinski definition) is 1. The van der Waals surface area contributed by atoms with Crippen LogP contribution in [0.15, 0.2) is 11.6 Å². The molecule has 4 aliphatic rings. The van der Waals surface area contributed by atoms with Gasteiger partial charge in [-0.1, -0.05) is 19.4 Å². The highest BCUT2D eigenvalue weighted by molar-refractivity contribution is 5.97. The van der Waals surface area contributed by atoms with E-state index in [0.717, 1.165) is 44.8 Å². The maximum atomic E-state index is 13.3. The van der Waals surface area contributed by atoms with Crippen molar-refractivity contribution in [1.82, 2.24) is 0 Å². The quantitative estimate of drug-likeness (QED) is 0.785. The van der Waals surface area contributed by atoms with Crippen LogP contribution in [-0.4, -0.2) is 23.3 Å². The van der Waals surface area contributed by atoms with E-state index < -0.39 is 0 Å². The van der Waals surface area contributed by atoms with E-state index in [0.29, 0.717) is 35.9 Å². The van der Waals surface area contributed by atoms with Gasteiger partial charge in [0.25, 0.3) is 0 Å². The van der Waals surface area contributed by atoms with Gasteiger partial charge in [-0.05, 0) is 86.5 Å². The highest BCUT2D eigenvalue weighted by Gasteiger charge is 2.60. The van der Waals surface area contributed by atoms with Crippen molar-refractivity contribution in [3.8, 4) is 0 Å². The third-order valence-electron chi connectivity index (χ3n) is 8.72. The van der Waals surface area contributed by atoms with E-state index >= 15 is 0 Å². The number of aliphatic hydroxyl groups excluding tert-OH is 1. The molecule has 0 aromatic rings. The van der Waals surface area contributed by atoms with Gasteiger partial charge in [-0.15, -0.1) is 0 Å². The minimum absolute atomic E-state index is 0.111. The van der Waals surface area contributed by atoms with Crippen LogP contribution in [-0.2, 0) is 9.59 Å². The maximum absolute atomic E-state index is 13.3. The fraction of sp³-hybridized carbons (Fsp3) is 0.818. The van der Waals surface area contributed by atoms with Crippen molar-refractivity contribution in [2.24, 2.45) is 34.5 Å². The third kappa shape index (κ3) is 2.41. The highest BCUT2D eigenvalue weighted by atomic mass is 16.3. The Hall–Kier alpha value is -0.960. The summed E-state index contributed by atoms with van der Waals surface area (Å²) in [6.07, 6.45) is 11.7. The molecule has 25 heavy (non-hydrogen) atoms. The molecule has 1 unspecified atom stereocenters. The van der Waals surface area contributed by atoms with Crippen LogP contribution in [0.2, 0.25) is 0 Å². The van der Waals surface area contributed by atoms with Gasteiger partial charge in [0.1, 0.15) is 6.29 Å². The molecule has 1 N–H and O–H groups in total. The molecule has 4 rings (SSSR count). The molecule has 0 aromatic heterocycles. The lowest BCUT2D eigenvalue weighted by atomic mass is 9.48. The van der Waals surface area contributed by atoms with Gasteiger partial charge < -0.3 is 9.90 Å². The van der Waals surface area contributed by atoms with E-state index in [-0.39, 0.29) is 16.9 Å². The topological polar surface area (TPSA) is 54.4 Å². The molecule has 3 saturated carbocycles. The number of hydrogen-bond acceptors (Lipinski definition) is 3. The van der Waals surface area contributed by atoms with Crippen molar-refractivity contribution in [3.05, 3.63) is 11.6 Å². The highest BCUT2D eigenvalue weighted by Crippen LogP contribution is 2.64. The second-order valence-electron chi connectivity index (χ2n) is 9.60. The van der Waals surface area contributed by atoms with Crippen LogP contribution in [0.1, 0.15) is 71.6 Å². The molecular weight excluding hydrogens is 312 g/mol. The van der Waals surface area contributed by atoms with Gasteiger partial charge in [0.2, 0.25) is 0 Å². The van der Waals surface area contributed by atoms with Gasteiger partial charge in [-0.3, -0.25) is 4.79 Å². The monoisotopic (exact) mass is 344 g/mol. The zero-order valence-corrected chi connectivity index (χ0v) is 15.7. The number of ketones is 1. The largest absolute Gasteiger partial charge is 0.393 e. The summed E-state index contributed by atoms with van der Waals surface area (Å²) in [5.41, 5.74) is 1.27. The first-order valence-corrected chi connectivity index (χ1v) is 10.3. The number of fused-ring (bicyclic) bond motifs is 5. The zero-order chi connectivity index (χ0) is 17.8. The predicted octanol–water partition coefficient (Wildman–Crippen LogP) is 4.08. The molecule has 0 spiro atoms. The number of allylic oxidation sites excluding steroid dienone is 2. The Morgan fingerprint density at radius 3 is 2.76 bits per heavy atom. The van der Waals surface area contributed by atoms with Gasteiger partial charge in [-0.25, -0.2) is 0 Å². The summed E-state index contributed by atoms with van der Waals surface area (Å²) in [5, 5.41) is 10.1. The first kappa shape index (κ1) is 17.5. The SMILES string of the molecule is C[C@]12CC[C@@H](O)C[C@H]1CC[C@@H]1C2=CC(=O)[C@]2(C)C(CCC=O)CC[C@@H]12. The smallest absolute Gasteiger partial charge is 0.162 e. The second kappa shape index (κ2) is 6.04. The number of aliphatic hydroxyl groups is 1. The summed E-state index contributed by atoms with van der Waals surface area (Å²) >= 11 is 0. The number of carbonyl (C=O) groups is 2. The Balaban J connectivity index is 1.68. The van der Waals surface area contributed by atoms with Crippen molar-refractivity contribution >= 4 is 12.1 Å². The van der Waals surface area contributed by atoms with Crippen LogP contribution < -0.4 is 0 Å². The average molecular weight is 344 g/mol. The molecule has 0 aliphatic heterocycles. The molecular formula is C22H32O3. The number of rotatable bonds is 3. The van der Waals surface area contributed by atoms with Crippen LogP contribution in [0.4, 0.5) is 0 Å². The lowest BCUT2D eigenvalue weighted by molar-refractivity contribution is -0.131. The van der Waals surface area contributed by atoms with E-state index in [1.807, 2.05) is 6.08 Å². The Morgan fingerprint density at radius 2 is 2.00 bits per heavy atom. The number of carbonyl (C=O) groups excluding carboxylic acids is 2. The zero-order valence-electron chi connectivity index (χ0n) is 15.7. The predicted molar refractivity (Wildman–Crippen MR) is 96.9 cm³/mol. The van der Waals surface area contributed by atoms with Crippen molar-refractivity contribution in [2.75, 3.05) is 0 Å². The molecule has 0 aromatic carbocycles. The van der Waals surface area contributed by atoms with Gasteiger partial charge in [-0.2, -0.15) is 0 Å². The van der Waals surface area contributed by atoms with Crippen molar-refractivity contribution < 1.29 is 14.7 Å². The van der Waals surface area contributed by atoms with Crippen LogP contribution in [0.25, 0.3) is 0 Å². The summed E-state index contributed by atoms with van der Waals surface area (Å²) in [7, 11) is 0. The minimum Gasteiger partial charge on any atom is -0.393 e. The molecule has 0 radical (unpaired) electrons. The Morgan fingerprint density at radius 1 is 1.20 bits per heavy atom. The molecule has 138 valence electrons. The van der Waals surface area contributed by atoms with Crippen LogP contribution in [0, 0.1) is 34.5 Å². The van der Waals surface area contributed by atoms with Gasteiger partial charge >= 0.3 is 0 Å². The Bertz CT molecular complexity index is 608. The lowest BCUT2D eigenvalue weighted by Crippen LogP contribution is -2.51. The Labute approximate surface area is 151 Å². The van der Waals surface area contributed by atoms with Gasteiger partial charge in [0, 0.05) is 11.8 Å². The molecule has 4 aliphatic carbocycles. The summed E-state index contributed by atoms with van der Waals surface area (Å²) in [6, 6.07) is 0. The summed E-state index contributed by atoms with van der Waals surface area (Å²) in [4.78, 5) is 24.1. The van der Waals surface area contributed by atoms with E-state index in [9.17, 15) is 14.7 Å². The third-order valence-corrected chi connectivity index (χ3v) is 8.72. The molecule has 3 heteroatoms. The van der Waals surface area contributed by atoms with Crippen molar-refractivity contribution in [1.29, 1.82) is 0 Å². The second-order valence-corrected chi connectivity index (χ2v) is 9.60. The van der Waals surface area contributed by atoms with E-state index in [2.05, 4.69) is 13.8 Å². The van der Waals surface area contributed by atoms with Crippen molar-refractivity contribution in [2.45, 2.75) is 77.7 Å². The summed E-state index contributed by atoms with van der Waals surface area (Å²) in [5.74, 6) is 2.22. The summed E-state index contributed by atoms with van der Waals surface area (Å²) in [6.45, 7) is 4.55. The Kier molecular flexibility index (Phi) is 4.22. The fourth-order valence-electron chi connectivity index (χ4n) is 7.14. The van der Waals surface area contributed by atoms with E-state index in [1.165, 1.54) is 18.4 Å². The van der Waals surface area contributed by atoms with E-state index in [1.54, 1.807) is 0 Å². The molecule has 0 heterocycles. The minimum atomic E-state index is -0.255. The van der Waals surface area contributed by atoms with Crippen LogP contribution in [0.3, 0.4) is 0 Å². The summed E-state index contributed by atoms with van der Waals surface area (Å²) < 4.78 is 0. The van der Waals surface area contributed by atoms with Gasteiger partial charge in [0.15, 0.2) is 5.78 Å². The first-order valence-electron chi connectivity index (χ1n) is 10.3. The molecule has 3 nitrogen and oxygen atoms in total. The van der Waals surface area contributed by atoms with Crippen LogP contribution >= 0.6 is 0 Å². The normalized spacial score (nSPS) is 49.0. The molecule has 0 saturated heterocycles. The molecule has 7 atom stereocenters. The van der Waals surface area contributed by atoms with Gasteiger partial charge in [0.05, 0.1) is 6.10 Å². The average Bonchev–Trinajstić information content (AvgIpc) is 2.93. The lowest BCUT2D eigenvalue weighted by Gasteiger charge is -2.56. The van der Waals surface area contributed by atoms with Crippen LogP contribution in [0.5, 0.6) is 0 Å².